The number of nitrogens with one attached hydrogen (secondary N) is 2. The van der Waals surface area contributed by atoms with E-state index in [-0.39, 0.29) is 36.1 Å². The Morgan fingerprint density at radius 2 is 1.80 bits per heavy atom. The topological polar surface area (TPSA) is 127 Å². The SMILES string of the molecule is CCOC(=O)[C@@]12C[C@H]1/C=C\CCCN(C1CC1)C[C@H](NC(=O)OC(C)(C)C)C(=O)N1C[C@H](O[Si](C)(C)C(C)(C)C)C[C@H]1C(=O)N2. The molecule has 0 unspecified atom stereocenters. The van der Waals surface area contributed by atoms with Crippen LogP contribution in [-0.2, 0) is 28.3 Å². The minimum atomic E-state index is -2.25. The third-order valence-electron chi connectivity index (χ3n) is 9.77. The number of nitrogens with zero attached hydrogens (tertiary/aromatic N) is 2. The first-order valence-electron chi connectivity index (χ1n) is 16.7. The molecule has 0 aromatic rings. The summed E-state index contributed by atoms with van der Waals surface area (Å²) in [6.07, 6.45) is 7.57. The van der Waals surface area contributed by atoms with Gasteiger partial charge in [0.25, 0.3) is 0 Å². The van der Waals surface area contributed by atoms with Gasteiger partial charge in [-0.3, -0.25) is 14.5 Å². The van der Waals surface area contributed by atoms with Gasteiger partial charge in [-0.2, -0.15) is 0 Å². The zero-order chi connectivity index (χ0) is 33.4. The minimum Gasteiger partial charge on any atom is -0.464 e. The highest BCUT2D eigenvalue weighted by atomic mass is 28.4. The minimum absolute atomic E-state index is 0.0664. The summed E-state index contributed by atoms with van der Waals surface area (Å²) in [5.74, 6) is -1.37. The molecule has 12 heteroatoms. The second-order valence-electron chi connectivity index (χ2n) is 15.7. The number of rotatable bonds is 6. The molecule has 0 aromatic heterocycles. The predicted octanol–water partition coefficient (Wildman–Crippen LogP) is 4.12. The van der Waals surface area contributed by atoms with Crippen molar-refractivity contribution in [1.29, 1.82) is 0 Å². The lowest BCUT2D eigenvalue weighted by Crippen LogP contribution is -2.59. The first kappa shape index (κ1) is 35.4. The van der Waals surface area contributed by atoms with Crippen molar-refractivity contribution in [2.24, 2.45) is 5.92 Å². The molecule has 254 valence electrons. The fourth-order valence-corrected chi connectivity index (χ4v) is 7.44. The van der Waals surface area contributed by atoms with Gasteiger partial charge in [-0.05, 0) is 84.5 Å². The number of esters is 1. The molecule has 2 saturated carbocycles. The van der Waals surface area contributed by atoms with E-state index in [1.165, 1.54) is 0 Å². The van der Waals surface area contributed by atoms with E-state index in [1.54, 1.807) is 32.6 Å². The molecule has 0 radical (unpaired) electrons. The van der Waals surface area contributed by atoms with Gasteiger partial charge in [0.1, 0.15) is 23.2 Å². The highest BCUT2D eigenvalue weighted by Crippen LogP contribution is 2.46. The summed E-state index contributed by atoms with van der Waals surface area (Å²) >= 11 is 0. The Morgan fingerprint density at radius 1 is 1.11 bits per heavy atom. The number of fused-ring (bicyclic) bond motifs is 2. The molecule has 4 aliphatic rings. The maximum Gasteiger partial charge on any atom is 0.408 e. The Morgan fingerprint density at radius 3 is 2.40 bits per heavy atom. The van der Waals surface area contributed by atoms with Gasteiger partial charge in [0, 0.05) is 31.5 Å². The van der Waals surface area contributed by atoms with Crippen molar-refractivity contribution in [2.45, 2.75) is 140 Å². The van der Waals surface area contributed by atoms with Gasteiger partial charge in [-0.15, -0.1) is 0 Å². The van der Waals surface area contributed by atoms with Crippen molar-refractivity contribution in [3.8, 4) is 0 Å². The number of alkyl carbamates (subject to hydrolysis) is 1. The maximum absolute atomic E-state index is 14.5. The summed E-state index contributed by atoms with van der Waals surface area (Å²) in [6, 6.07) is -1.44. The van der Waals surface area contributed by atoms with E-state index in [0.717, 1.165) is 32.2 Å². The van der Waals surface area contributed by atoms with Crippen LogP contribution in [0.4, 0.5) is 4.79 Å². The van der Waals surface area contributed by atoms with Crippen LogP contribution in [-0.4, -0.2) is 104 Å². The quantitative estimate of drug-likeness (QED) is 0.250. The Hall–Kier alpha value is -2.44. The van der Waals surface area contributed by atoms with Crippen LogP contribution in [0.2, 0.25) is 18.1 Å². The standard InChI is InChI=1S/C33H56N4O7Si/c1-10-42-29(40)33-19-22(33)14-12-11-13-17-36(23-15-16-23)21-25(34-30(41)43-31(2,3)4)28(39)37-20-24(18-26(37)27(38)35-33)44-45(8,9)32(5,6)7/h12,14,22-26H,10-11,13,15-21H2,1-9H3,(H,34,41)(H,35,38)/b14-12-/t22-,24-,25+,26+,33-/m1/s1. The van der Waals surface area contributed by atoms with E-state index in [9.17, 15) is 19.2 Å². The maximum atomic E-state index is 14.5. The van der Waals surface area contributed by atoms with Crippen molar-refractivity contribution in [2.75, 3.05) is 26.2 Å². The van der Waals surface area contributed by atoms with Gasteiger partial charge in [-0.25, -0.2) is 9.59 Å². The lowest BCUT2D eigenvalue weighted by molar-refractivity contribution is -0.150. The van der Waals surface area contributed by atoms with Crippen molar-refractivity contribution < 1.29 is 33.1 Å². The Kier molecular flexibility index (Phi) is 10.5. The normalized spacial score (nSPS) is 31.1. The molecule has 1 saturated heterocycles. The number of carbonyl (C=O) groups excluding carboxylic acids is 4. The summed E-state index contributed by atoms with van der Waals surface area (Å²) in [6.45, 7) is 19.4. The second-order valence-corrected chi connectivity index (χ2v) is 20.5. The highest BCUT2D eigenvalue weighted by Gasteiger charge is 2.62. The van der Waals surface area contributed by atoms with E-state index in [2.05, 4.69) is 55.5 Å². The van der Waals surface area contributed by atoms with Crippen LogP contribution in [0.1, 0.15) is 87.0 Å². The molecule has 0 bridgehead atoms. The first-order chi connectivity index (χ1) is 20.9. The lowest BCUT2D eigenvalue weighted by Gasteiger charge is -2.38. The average Bonchev–Trinajstić information content (AvgIpc) is 3.82. The van der Waals surface area contributed by atoms with E-state index >= 15 is 0 Å². The lowest BCUT2D eigenvalue weighted by atomic mass is 10.1. The fourth-order valence-electron chi connectivity index (χ4n) is 6.09. The van der Waals surface area contributed by atoms with Crippen molar-refractivity contribution in [1.82, 2.24) is 20.4 Å². The largest absolute Gasteiger partial charge is 0.464 e. The summed E-state index contributed by atoms with van der Waals surface area (Å²) < 4.78 is 17.7. The van der Waals surface area contributed by atoms with Crippen LogP contribution < -0.4 is 10.6 Å². The van der Waals surface area contributed by atoms with Gasteiger partial charge < -0.3 is 29.4 Å². The smallest absolute Gasteiger partial charge is 0.408 e. The second kappa shape index (κ2) is 13.3. The van der Waals surface area contributed by atoms with Gasteiger partial charge in [-0.1, -0.05) is 32.9 Å². The molecule has 11 nitrogen and oxygen atoms in total. The predicted molar refractivity (Wildman–Crippen MR) is 174 cm³/mol. The molecular weight excluding hydrogens is 592 g/mol. The number of hydrogen-bond donors (Lipinski definition) is 2. The molecule has 2 heterocycles. The van der Waals surface area contributed by atoms with Gasteiger partial charge in [0.15, 0.2) is 8.32 Å². The zero-order valence-corrected chi connectivity index (χ0v) is 29.9. The van der Waals surface area contributed by atoms with Gasteiger partial charge >= 0.3 is 12.1 Å². The van der Waals surface area contributed by atoms with Crippen LogP contribution >= 0.6 is 0 Å². The molecule has 0 aromatic carbocycles. The molecular formula is C33H56N4O7Si. The Balaban J connectivity index is 1.69. The molecule has 3 fully saturated rings. The fraction of sp³-hybridized carbons (Fsp3) is 0.818. The number of amides is 3. The van der Waals surface area contributed by atoms with Crippen molar-refractivity contribution >= 4 is 32.2 Å². The molecule has 45 heavy (non-hydrogen) atoms. The monoisotopic (exact) mass is 648 g/mol. The Bertz CT molecular complexity index is 1160. The van der Waals surface area contributed by atoms with Crippen molar-refractivity contribution in [3.63, 3.8) is 0 Å². The summed E-state index contributed by atoms with van der Waals surface area (Å²) in [5.41, 5.74) is -1.89. The van der Waals surface area contributed by atoms with Crippen molar-refractivity contribution in [3.05, 3.63) is 12.2 Å². The zero-order valence-electron chi connectivity index (χ0n) is 28.9. The van der Waals surface area contributed by atoms with Gasteiger partial charge in [0.2, 0.25) is 11.8 Å². The first-order valence-corrected chi connectivity index (χ1v) is 19.7. The highest BCUT2D eigenvalue weighted by molar-refractivity contribution is 6.74. The van der Waals surface area contributed by atoms with Crippen LogP contribution in [0.15, 0.2) is 12.2 Å². The molecule has 5 atom stereocenters. The average molecular weight is 649 g/mol. The van der Waals surface area contributed by atoms with Gasteiger partial charge in [0.05, 0.1) is 12.7 Å². The molecule has 2 N–H and O–H groups in total. The number of hydrogen-bond acceptors (Lipinski definition) is 8. The number of allylic oxidation sites excluding steroid dienone is 1. The van der Waals surface area contributed by atoms with Crippen LogP contribution in [0.25, 0.3) is 0 Å². The van der Waals surface area contributed by atoms with E-state index in [1.807, 2.05) is 6.08 Å². The third kappa shape index (κ3) is 8.68. The van der Waals surface area contributed by atoms with E-state index in [4.69, 9.17) is 13.9 Å². The molecule has 2 aliphatic carbocycles. The Labute approximate surface area is 270 Å². The van der Waals surface area contributed by atoms with E-state index in [0.29, 0.717) is 25.4 Å². The number of carbonyl (C=O) groups is 4. The number of ether oxygens (including phenoxy) is 2. The molecule has 2 aliphatic heterocycles. The molecule has 0 spiro atoms. The summed E-state index contributed by atoms with van der Waals surface area (Å²) in [7, 11) is -2.25. The van der Waals surface area contributed by atoms with Crippen LogP contribution in [0.5, 0.6) is 0 Å². The summed E-state index contributed by atoms with van der Waals surface area (Å²) in [5, 5.41) is 5.82. The molecule has 4 rings (SSSR count). The molecule has 3 amide bonds. The summed E-state index contributed by atoms with van der Waals surface area (Å²) in [4.78, 5) is 58.7. The van der Waals surface area contributed by atoms with Crippen LogP contribution in [0.3, 0.4) is 0 Å². The van der Waals surface area contributed by atoms with Crippen LogP contribution in [0, 0.1) is 5.92 Å². The third-order valence-corrected chi connectivity index (χ3v) is 14.3. The van der Waals surface area contributed by atoms with E-state index < -0.39 is 49.5 Å².